The molecule has 1 fully saturated rings. The summed E-state index contributed by atoms with van der Waals surface area (Å²) in [6.07, 6.45) is 6.39. The first-order chi connectivity index (χ1) is 13.7. The number of hydrogen-bond acceptors (Lipinski definition) is 5. The minimum atomic E-state index is -0.216. The molecule has 2 aromatic heterocycles. The molecule has 4 rings (SSSR count). The van der Waals surface area contributed by atoms with Crippen LogP contribution >= 0.6 is 11.3 Å². The molecule has 0 aliphatic carbocycles. The zero-order chi connectivity index (χ0) is 19.3. The lowest BCUT2D eigenvalue weighted by molar-refractivity contribution is 0.285. The van der Waals surface area contributed by atoms with E-state index in [1.54, 1.807) is 23.5 Å². The van der Waals surface area contributed by atoms with Crippen molar-refractivity contribution in [1.82, 2.24) is 19.7 Å². The van der Waals surface area contributed by atoms with Gasteiger partial charge in [0.05, 0.1) is 11.9 Å². The van der Waals surface area contributed by atoms with E-state index in [4.69, 9.17) is 4.98 Å². The second kappa shape index (κ2) is 8.84. The highest BCUT2D eigenvalue weighted by molar-refractivity contribution is 7.14. The van der Waals surface area contributed by atoms with Crippen LogP contribution in [0.25, 0.3) is 11.3 Å². The summed E-state index contributed by atoms with van der Waals surface area (Å²) in [5, 5.41) is 7.56. The maximum atomic E-state index is 13.1. The first kappa shape index (κ1) is 19.1. The normalized spacial score (nSPS) is 15.7. The molecule has 7 heteroatoms. The van der Waals surface area contributed by atoms with E-state index in [-0.39, 0.29) is 5.82 Å². The Kier molecular flexibility index (Phi) is 6.02. The summed E-state index contributed by atoms with van der Waals surface area (Å²) in [6, 6.07) is 6.55. The predicted molar refractivity (Wildman–Crippen MR) is 112 cm³/mol. The van der Waals surface area contributed by atoms with Crippen molar-refractivity contribution in [3.05, 3.63) is 53.4 Å². The van der Waals surface area contributed by atoms with Crippen LogP contribution in [0.1, 0.15) is 25.3 Å². The summed E-state index contributed by atoms with van der Waals surface area (Å²) < 4.78 is 15.2. The Morgan fingerprint density at radius 2 is 1.96 bits per heavy atom. The van der Waals surface area contributed by atoms with Crippen LogP contribution in [0.2, 0.25) is 0 Å². The zero-order valence-electron chi connectivity index (χ0n) is 16.2. The lowest BCUT2D eigenvalue weighted by Gasteiger charge is -2.21. The van der Waals surface area contributed by atoms with Crippen LogP contribution in [-0.2, 0) is 13.1 Å². The standard InChI is InChI=1S/C21H26FN5S/c1-2-8-27-15-17(13-23-27)14-25-9-3-10-26(12-11-25)21-24-20(16-28-21)18-4-6-19(22)7-5-18/h4-7,13,15-16H,2-3,8-12,14H2,1H3. The Bertz CT molecular complexity index is 888. The van der Waals surface area contributed by atoms with Gasteiger partial charge in [-0.15, -0.1) is 11.3 Å². The summed E-state index contributed by atoms with van der Waals surface area (Å²) in [5.41, 5.74) is 3.17. The van der Waals surface area contributed by atoms with Crippen LogP contribution in [-0.4, -0.2) is 45.8 Å². The van der Waals surface area contributed by atoms with Crippen molar-refractivity contribution in [2.24, 2.45) is 0 Å². The van der Waals surface area contributed by atoms with E-state index >= 15 is 0 Å². The Labute approximate surface area is 169 Å². The fraction of sp³-hybridized carbons (Fsp3) is 0.429. The van der Waals surface area contributed by atoms with Crippen molar-refractivity contribution in [3.8, 4) is 11.3 Å². The van der Waals surface area contributed by atoms with Crippen LogP contribution in [0, 0.1) is 5.82 Å². The summed E-state index contributed by atoms with van der Waals surface area (Å²) in [6.45, 7) is 8.20. The number of hydrogen-bond donors (Lipinski definition) is 0. The number of nitrogens with zero attached hydrogens (tertiary/aromatic N) is 5. The molecule has 1 aromatic carbocycles. The van der Waals surface area contributed by atoms with Crippen molar-refractivity contribution >= 4 is 16.5 Å². The maximum absolute atomic E-state index is 13.1. The molecule has 0 spiro atoms. The minimum Gasteiger partial charge on any atom is -0.347 e. The molecular weight excluding hydrogens is 373 g/mol. The van der Waals surface area contributed by atoms with Gasteiger partial charge in [-0.2, -0.15) is 5.10 Å². The second-order valence-electron chi connectivity index (χ2n) is 7.25. The van der Waals surface area contributed by atoms with Gasteiger partial charge < -0.3 is 4.90 Å². The van der Waals surface area contributed by atoms with Crippen molar-refractivity contribution in [3.63, 3.8) is 0 Å². The molecule has 0 amide bonds. The van der Waals surface area contributed by atoms with Gasteiger partial charge in [-0.25, -0.2) is 9.37 Å². The molecule has 1 saturated heterocycles. The summed E-state index contributed by atoms with van der Waals surface area (Å²) in [5.74, 6) is -0.216. The van der Waals surface area contributed by atoms with Crippen LogP contribution < -0.4 is 4.90 Å². The average molecular weight is 400 g/mol. The van der Waals surface area contributed by atoms with Crippen molar-refractivity contribution in [2.45, 2.75) is 32.9 Å². The van der Waals surface area contributed by atoms with Gasteiger partial charge in [0.2, 0.25) is 0 Å². The number of aromatic nitrogens is 3. The monoisotopic (exact) mass is 399 g/mol. The van der Waals surface area contributed by atoms with E-state index in [1.165, 1.54) is 17.7 Å². The third kappa shape index (κ3) is 4.59. The van der Waals surface area contributed by atoms with E-state index in [1.807, 2.05) is 10.9 Å². The van der Waals surface area contributed by atoms with Crippen LogP contribution in [0.3, 0.4) is 0 Å². The SMILES string of the molecule is CCCn1cc(CN2CCCN(c3nc(-c4ccc(F)cc4)cs3)CC2)cn1. The molecule has 3 aromatic rings. The Hall–Kier alpha value is -2.25. The van der Waals surface area contributed by atoms with E-state index in [0.717, 1.165) is 68.5 Å². The minimum absolute atomic E-state index is 0.216. The molecule has 0 bridgehead atoms. The van der Waals surface area contributed by atoms with Crippen LogP contribution in [0.4, 0.5) is 9.52 Å². The molecule has 28 heavy (non-hydrogen) atoms. The van der Waals surface area contributed by atoms with Crippen molar-refractivity contribution in [1.29, 1.82) is 0 Å². The number of anilines is 1. The van der Waals surface area contributed by atoms with Gasteiger partial charge >= 0.3 is 0 Å². The summed E-state index contributed by atoms with van der Waals surface area (Å²) in [7, 11) is 0. The number of aryl methyl sites for hydroxylation is 1. The first-order valence-corrected chi connectivity index (χ1v) is 10.8. The quantitative estimate of drug-likeness (QED) is 0.620. The van der Waals surface area contributed by atoms with Gasteiger partial charge in [0.1, 0.15) is 5.82 Å². The van der Waals surface area contributed by atoms with Gasteiger partial charge in [0.15, 0.2) is 5.13 Å². The molecule has 1 aliphatic heterocycles. The third-order valence-electron chi connectivity index (χ3n) is 5.04. The molecule has 0 unspecified atom stereocenters. The highest BCUT2D eigenvalue weighted by Gasteiger charge is 2.18. The molecule has 0 atom stereocenters. The Morgan fingerprint density at radius 3 is 2.79 bits per heavy atom. The molecular formula is C21H26FN5S. The average Bonchev–Trinajstić information content (AvgIpc) is 3.29. The summed E-state index contributed by atoms with van der Waals surface area (Å²) in [4.78, 5) is 9.67. The lowest BCUT2D eigenvalue weighted by atomic mass is 10.2. The Balaban J connectivity index is 1.36. The molecule has 0 N–H and O–H groups in total. The van der Waals surface area contributed by atoms with E-state index in [9.17, 15) is 4.39 Å². The van der Waals surface area contributed by atoms with Crippen LogP contribution in [0.15, 0.2) is 42.0 Å². The number of thiazole rings is 1. The number of rotatable bonds is 6. The highest BCUT2D eigenvalue weighted by Crippen LogP contribution is 2.28. The lowest BCUT2D eigenvalue weighted by Crippen LogP contribution is -2.30. The van der Waals surface area contributed by atoms with E-state index < -0.39 is 0 Å². The van der Waals surface area contributed by atoms with Crippen LogP contribution in [0.5, 0.6) is 0 Å². The third-order valence-corrected chi connectivity index (χ3v) is 5.94. The fourth-order valence-corrected chi connectivity index (χ4v) is 4.47. The molecule has 0 radical (unpaired) electrons. The van der Waals surface area contributed by atoms with E-state index in [0.29, 0.717) is 0 Å². The number of halogens is 1. The maximum Gasteiger partial charge on any atom is 0.185 e. The molecule has 3 heterocycles. The van der Waals surface area contributed by atoms with Gasteiger partial charge in [0.25, 0.3) is 0 Å². The molecule has 1 aliphatic rings. The summed E-state index contributed by atoms with van der Waals surface area (Å²) >= 11 is 1.67. The van der Waals surface area contributed by atoms with Gasteiger partial charge in [-0.3, -0.25) is 9.58 Å². The smallest absolute Gasteiger partial charge is 0.185 e. The predicted octanol–water partition coefficient (Wildman–Crippen LogP) is 4.27. The van der Waals surface area contributed by atoms with Gasteiger partial charge in [0, 0.05) is 62.0 Å². The van der Waals surface area contributed by atoms with Gasteiger partial charge in [-0.05, 0) is 37.1 Å². The largest absolute Gasteiger partial charge is 0.347 e. The van der Waals surface area contributed by atoms with Gasteiger partial charge in [-0.1, -0.05) is 6.92 Å². The second-order valence-corrected chi connectivity index (χ2v) is 8.09. The van der Waals surface area contributed by atoms with Crippen molar-refractivity contribution < 1.29 is 4.39 Å². The first-order valence-electron chi connectivity index (χ1n) is 9.91. The number of benzene rings is 1. The van der Waals surface area contributed by atoms with E-state index in [2.05, 4.69) is 33.4 Å². The van der Waals surface area contributed by atoms with Crippen molar-refractivity contribution in [2.75, 3.05) is 31.1 Å². The molecule has 0 saturated carbocycles. The topological polar surface area (TPSA) is 37.2 Å². The zero-order valence-corrected chi connectivity index (χ0v) is 17.0. The highest BCUT2D eigenvalue weighted by atomic mass is 32.1. The fourth-order valence-electron chi connectivity index (χ4n) is 3.58. The Morgan fingerprint density at radius 1 is 1.11 bits per heavy atom. The molecule has 5 nitrogen and oxygen atoms in total. The molecule has 148 valence electrons.